The van der Waals surface area contributed by atoms with E-state index < -0.39 is 5.82 Å². The second kappa shape index (κ2) is 6.89. The Morgan fingerprint density at radius 2 is 2.18 bits per heavy atom. The Bertz CT molecular complexity index is 707. The Kier molecular flexibility index (Phi) is 4.93. The molecule has 0 fully saturated rings. The number of carbonyl (C=O) groups is 1. The molecule has 1 aromatic heterocycles. The Morgan fingerprint density at radius 1 is 1.41 bits per heavy atom. The molecule has 0 aliphatic rings. The van der Waals surface area contributed by atoms with Crippen LogP contribution >= 0.6 is 0 Å². The zero-order valence-electron chi connectivity index (χ0n) is 12.8. The number of carbonyl (C=O) groups excluding carboxylic acids is 1. The number of hydrogen-bond donors (Lipinski definition) is 1. The van der Waals surface area contributed by atoms with Gasteiger partial charge < -0.3 is 10.1 Å². The van der Waals surface area contributed by atoms with Crippen LogP contribution in [0.2, 0.25) is 0 Å². The summed E-state index contributed by atoms with van der Waals surface area (Å²) < 4.78 is 20.7. The zero-order valence-corrected chi connectivity index (χ0v) is 12.8. The molecule has 116 valence electrons. The molecule has 0 saturated carbocycles. The van der Waals surface area contributed by atoms with E-state index in [0.717, 1.165) is 11.4 Å². The molecule has 22 heavy (non-hydrogen) atoms. The van der Waals surface area contributed by atoms with E-state index in [1.54, 1.807) is 12.1 Å². The number of halogens is 1. The molecule has 1 aromatic carbocycles. The van der Waals surface area contributed by atoms with Gasteiger partial charge in [-0.2, -0.15) is 5.10 Å². The Balaban J connectivity index is 2.16. The average molecular weight is 303 g/mol. The fourth-order valence-corrected chi connectivity index (χ4v) is 2.02. The maximum Gasteiger partial charge on any atom is 0.251 e. The van der Waals surface area contributed by atoms with Crippen molar-refractivity contribution in [2.45, 2.75) is 20.8 Å². The molecule has 1 amide bonds. The lowest BCUT2D eigenvalue weighted by Gasteiger charge is -2.08. The van der Waals surface area contributed by atoms with Gasteiger partial charge in [0.1, 0.15) is 5.69 Å². The van der Waals surface area contributed by atoms with Gasteiger partial charge in [0.2, 0.25) is 0 Å². The Hall–Kier alpha value is -2.63. The van der Waals surface area contributed by atoms with Crippen molar-refractivity contribution >= 4 is 11.6 Å². The molecule has 0 atom stereocenters. The number of hydrogen-bond acceptors (Lipinski definition) is 3. The highest BCUT2D eigenvalue weighted by Gasteiger charge is 2.10. The maximum atomic E-state index is 14.2. The Labute approximate surface area is 128 Å². The molecule has 0 bridgehead atoms. The van der Waals surface area contributed by atoms with E-state index in [0.29, 0.717) is 18.0 Å². The third-order valence-electron chi connectivity index (χ3n) is 2.94. The van der Waals surface area contributed by atoms with E-state index in [1.807, 2.05) is 26.8 Å². The molecular formula is C16H18FN3O2. The number of anilines is 1. The number of aryl methyl sites for hydroxylation is 2. The molecule has 1 N–H and O–H groups in total. The molecule has 0 aliphatic carbocycles. The summed E-state index contributed by atoms with van der Waals surface area (Å²) >= 11 is 0. The second-order valence-corrected chi connectivity index (χ2v) is 4.75. The van der Waals surface area contributed by atoms with E-state index in [4.69, 9.17) is 4.74 Å². The first-order valence-corrected chi connectivity index (χ1v) is 6.93. The van der Waals surface area contributed by atoms with Crippen LogP contribution in [0.1, 0.15) is 18.3 Å². The van der Waals surface area contributed by atoms with Crippen LogP contribution < -0.4 is 5.32 Å². The van der Waals surface area contributed by atoms with Gasteiger partial charge in [-0.3, -0.25) is 4.79 Å². The second-order valence-electron chi connectivity index (χ2n) is 4.75. The highest BCUT2D eigenvalue weighted by molar-refractivity contribution is 5.99. The van der Waals surface area contributed by atoms with E-state index in [9.17, 15) is 9.18 Å². The summed E-state index contributed by atoms with van der Waals surface area (Å²) in [5.41, 5.74) is 2.37. The number of aromatic nitrogens is 2. The number of ether oxygens (including phenoxy) is 1. The predicted octanol–water partition coefficient (Wildman–Crippen LogP) is 3.12. The number of rotatable bonds is 5. The quantitative estimate of drug-likeness (QED) is 0.682. The van der Waals surface area contributed by atoms with Crippen molar-refractivity contribution in [2.24, 2.45) is 0 Å². The summed E-state index contributed by atoms with van der Waals surface area (Å²) in [5, 5.41) is 6.81. The first kappa shape index (κ1) is 15.8. The van der Waals surface area contributed by atoms with Crippen LogP contribution in [0, 0.1) is 19.7 Å². The van der Waals surface area contributed by atoms with E-state index in [2.05, 4.69) is 10.4 Å². The minimum absolute atomic E-state index is 0.341. The number of amides is 1. The Morgan fingerprint density at radius 3 is 2.77 bits per heavy atom. The van der Waals surface area contributed by atoms with Gasteiger partial charge >= 0.3 is 0 Å². The zero-order chi connectivity index (χ0) is 16.1. The molecule has 2 aromatic rings. The van der Waals surface area contributed by atoms with Crippen molar-refractivity contribution in [1.29, 1.82) is 0 Å². The lowest BCUT2D eigenvalue weighted by molar-refractivity contribution is -0.112. The van der Waals surface area contributed by atoms with Gasteiger partial charge in [0.05, 0.1) is 18.6 Å². The summed E-state index contributed by atoms with van der Waals surface area (Å²) in [5.74, 6) is -0.843. The fourth-order valence-electron chi connectivity index (χ4n) is 2.02. The van der Waals surface area contributed by atoms with Crippen LogP contribution in [0.5, 0.6) is 0 Å². The van der Waals surface area contributed by atoms with Gasteiger partial charge in [-0.15, -0.1) is 0 Å². The monoisotopic (exact) mass is 303 g/mol. The smallest absolute Gasteiger partial charge is 0.251 e. The molecule has 1 heterocycles. The molecule has 0 radical (unpaired) electrons. The normalized spacial score (nSPS) is 10.9. The van der Waals surface area contributed by atoms with Crippen molar-refractivity contribution < 1.29 is 13.9 Å². The first-order valence-electron chi connectivity index (χ1n) is 6.93. The van der Waals surface area contributed by atoms with Gasteiger partial charge in [0.15, 0.2) is 5.82 Å². The maximum absolute atomic E-state index is 14.2. The van der Waals surface area contributed by atoms with Crippen LogP contribution in [0.4, 0.5) is 10.1 Å². The standard InChI is InChI=1S/C16H18FN3O2/c1-4-22-8-7-16(21)18-13-5-6-15(14(17)10-13)20-12(3)9-11(2)19-20/h5-10H,4H2,1-3H3,(H,18,21). The van der Waals surface area contributed by atoms with Crippen molar-refractivity contribution in [3.8, 4) is 5.69 Å². The molecule has 6 heteroatoms. The summed E-state index contributed by atoms with van der Waals surface area (Å²) in [7, 11) is 0. The first-order chi connectivity index (χ1) is 10.5. The molecule has 0 aliphatic heterocycles. The largest absolute Gasteiger partial charge is 0.501 e. The number of benzene rings is 1. The summed E-state index contributed by atoms with van der Waals surface area (Å²) in [6.07, 6.45) is 2.55. The van der Waals surface area contributed by atoms with Gasteiger partial charge in [0.25, 0.3) is 5.91 Å². The minimum atomic E-state index is -0.460. The number of nitrogens with zero attached hydrogens (tertiary/aromatic N) is 2. The van der Waals surface area contributed by atoms with Crippen LogP contribution in [0.15, 0.2) is 36.6 Å². The molecular weight excluding hydrogens is 285 g/mol. The van der Waals surface area contributed by atoms with Crippen LogP contribution in [-0.4, -0.2) is 22.3 Å². The average Bonchev–Trinajstić information content (AvgIpc) is 2.78. The molecule has 2 rings (SSSR count). The van der Waals surface area contributed by atoms with Gasteiger partial charge in [-0.25, -0.2) is 9.07 Å². The van der Waals surface area contributed by atoms with Crippen LogP contribution in [0.25, 0.3) is 5.69 Å². The molecule has 0 saturated heterocycles. The lowest BCUT2D eigenvalue weighted by atomic mass is 10.2. The highest BCUT2D eigenvalue weighted by atomic mass is 19.1. The van der Waals surface area contributed by atoms with Crippen LogP contribution in [0.3, 0.4) is 0 Å². The van der Waals surface area contributed by atoms with Crippen LogP contribution in [-0.2, 0) is 9.53 Å². The van der Waals surface area contributed by atoms with Gasteiger partial charge in [0, 0.05) is 17.5 Å². The predicted molar refractivity (Wildman–Crippen MR) is 82.4 cm³/mol. The molecule has 5 nitrogen and oxygen atoms in total. The van der Waals surface area contributed by atoms with Gasteiger partial charge in [-0.05, 0) is 45.0 Å². The van der Waals surface area contributed by atoms with E-state index in [-0.39, 0.29) is 5.91 Å². The van der Waals surface area contributed by atoms with E-state index >= 15 is 0 Å². The fraction of sp³-hybridized carbons (Fsp3) is 0.250. The van der Waals surface area contributed by atoms with Crippen molar-refractivity contribution in [2.75, 3.05) is 11.9 Å². The SMILES string of the molecule is CCOC=CC(=O)Nc1ccc(-n2nc(C)cc2C)c(F)c1. The molecule has 0 unspecified atom stereocenters. The van der Waals surface area contributed by atoms with E-state index in [1.165, 1.54) is 23.1 Å². The van der Waals surface area contributed by atoms with Crippen molar-refractivity contribution in [3.05, 3.63) is 53.8 Å². The topological polar surface area (TPSA) is 56.1 Å². The highest BCUT2D eigenvalue weighted by Crippen LogP contribution is 2.19. The third-order valence-corrected chi connectivity index (χ3v) is 2.94. The summed E-state index contributed by atoms with van der Waals surface area (Å²) in [6.45, 7) is 6.00. The third kappa shape index (κ3) is 3.72. The molecule has 0 spiro atoms. The van der Waals surface area contributed by atoms with Crippen molar-refractivity contribution in [1.82, 2.24) is 9.78 Å². The summed E-state index contributed by atoms with van der Waals surface area (Å²) in [6, 6.07) is 6.34. The van der Waals surface area contributed by atoms with Gasteiger partial charge in [-0.1, -0.05) is 0 Å². The number of nitrogens with one attached hydrogen (secondary N) is 1. The summed E-state index contributed by atoms with van der Waals surface area (Å²) in [4.78, 5) is 11.6. The lowest BCUT2D eigenvalue weighted by Crippen LogP contribution is -2.09. The van der Waals surface area contributed by atoms with Crippen molar-refractivity contribution in [3.63, 3.8) is 0 Å². The minimum Gasteiger partial charge on any atom is -0.501 e.